The highest BCUT2D eigenvalue weighted by Gasteiger charge is 2.06. The van der Waals surface area contributed by atoms with Gasteiger partial charge in [-0.3, -0.25) is 4.89 Å². The quantitative estimate of drug-likeness (QED) is 0.537. The van der Waals surface area contributed by atoms with Gasteiger partial charge in [0, 0.05) is 5.04 Å². The van der Waals surface area contributed by atoms with Crippen molar-refractivity contribution in [1.29, 1.82) is 0 Å². The van der Waals surface area contributed by atoms with Gasteiger partial charge in [-0.2, -0.15) is 0 Å². The molecule has 0 spiro atoms. The zero-order chi connectivity index (χ0) is 8.81. The summed E-state index contributed by atoms with van der Waals surface area (Å²) >= 11 is 4.63. The van der Waals surface area contributed by atoms with E-state index in [9.17, 15) is 4.79 Å². The molecule has 64 valence electrons. The van der Waals surface area contributed by atoms with Crippen molar-refractivity contribution in [3.8, 4) is 0 Å². The van der Waals surface area contributed by atoms with Crippen LogP contribution in [0.15, 0.2) is 30.3 Å². The van der Waals surface area contributed by atoms with E-state index in [0.717, 1.165) is 0 Å². The molecule has 5 heteroatoms. The van der Waals surface area contributed by atoms with Gasteiger partial charge in [-0.1, -0.05) is 22.6 Å². The van der Waals surface area contributed by atoms with Crippen LogP contribution in [0.4, 0.5) is 0 Å². The zero-order valence-corrected chi connectivity index (χ0v) is 6.65. The lowest BCUT2D eigenvalue weighted by Crippen LogP contribution is -2.03. The molecule has 12 heavy (non-hydrogen) atoms. The molecule has 0 aliphatic heterocycles. The molecule has 0 aliphatic rings. The average Bonchev–Trinajstić information content (AvgIpc) is 2.15. The van der Waals surface area contributed by atoms with Gasteiger partial charge in [0.2, 0.25) is 0 Å². The van der Waals surface area contributed by atoms with Gasteiger partial charge in [0.05, 0.1) is 5.56 Å². The van der Waals surface area contributed by atoms with Crippen molar-refractivity contribution in [2.24, 2.45) is 0 Å². The van der Waals surface area contributed by atoms with Crippen LogP contribution >= 0.6 is 11.9 Å². The second-order valence-corrected chi connectivity index (χ2v) is 1.99. The third-order valence-electron chi connectivity index (χ3n) is 1.14. The molecule has 0 atom stereocenters. The summed E-state index contributed by atoms with van der Waals surface area (Å²) in [4.78, 5) is 15.0. The van der Waals surface area contributed by atoms with Crippen molar-refractivity contribution in [2.45, 2.75) is 0 Å². The average molecular weight is 189 g/mol. The maximum Gasteiger partial charge on any atom is 0.376 e. The van der Waals surface area contributed by atoms with Crippen LogP contribution in [0.5, 0.6) is 0 Å². The number of halogens is 1. The number of hydrogen-bond donors (Lipinski definition) is 0. The summed E-state index contributed by atoms with van der Waals surface area (Å²) in [7, 11) is 0. The largest absolute Gasteiger partial charge is 0.376 e. The van der Waals surface area contributed by atoms with E-state index in [2.05, 4.69) is 26.2 Å². The minimum atomic E-state index is -0.670. The molecule has 0 N–H and O–H groups in total. The Morgan fingerprint density at radius 2 is 1.92 bits per heavy atom. The van der Waals surface area contributed by atoms with Crippen LogP contribution in [0.2, 0.25) is 0 Å². The fourth-order valence-corrected chi connectivity index (χ4v) is 0.692. The Bertz CT molecular complexity index is 249. The maximum absolute atomic E-state index is 10.9. The molecule has 1 rings (SSSR count). The molecule has 1 aromatic rings. The van der Waals surface area contributed by atoms with Crippen molar-refractivity contribution in [3.05, 3.63) is 35.9 Å². The molecule has 1 aromatic carbocycles. The lowest BCUT2D eigenvalue weighted by atomic mass is 10.2. The van der Waals surface area contributed by atoms with Crippen molar-refractivity contribution in [2.75, 3.05) is 0 Å². The van der Waals surface area contributed by atoms with Gasteiger partial charge in [0.1, 0.15) is 11.9 Å². The Morgan fingerprint density at radius 1 is 1.25 bits per heavy atom. The fourth-order valence-electron chi connectivity index (χ4n) is 0.666. The van der Waals surface area contributed by atoms with Crippen molar-refractivity contribution in [1.82, 2.24) is 0 Å². The van der Waals surface area contributed by atoms with E-state index in [1.54, 1.807) is 30.3 Å². The molecular weight excluding hydrogens is 184 g/mol. The lowest BCUT2D eigenvalue weighted by molar-refractivity contribution is -0.429. The molecular formula is C7H5ClO4. The first-order valence-corrected chi connectivity index (χ1v) is 3.37. The van der Waals surface area contributed by atoms with Gasteiger partial charge in [-0.25, -0.2) is 4.79 Å². The first-order chi connectivity index (χ1) is 5.84. The van der Waals surface area contributed by atoms with Crippen LogP contribution < -0.4 is 0 Å². The van der Waals surface area contributed by atoms with Gasteiger partial charge in [-0.15, -0.1) is 0 Å². The minimum absolute atomic E-state index is 0.353. The summed E-state index contributed by atoms with van der Waals surface area (Å²) in [6.45, 7) is 0. The summed E-state index contributed by atoms with van der Waals surface area (Å²) in [5.41, 5.74) is 0.353. The normalized spacial score (nSPS) is 9.42. The lowest BCUT2D eigenvalue weighted by Gasteiger charge is -1.96. The molecule has 0 fully saturated rings. The minimum Gasteiger partial charge on any atom is -0.262 e. The summed E-state index contributed by atoms with van der Waals surface area (Å²) in [6.07, 6.45) is 0. The number of carbonyl (C=O) groups excluding carboxylic acids is 1. The van der Waals surface area contributed by atoms with Crippen LogP contribution in [0.3, 0.4) is 0 Å². The van der Waals surface area contributed by atoms with Crippen molar-refractivity contribution in [3.63, 3.8) is 0 Å². The van der Waals surface area contributed by atoms with Crippen molar-refractivity contribution >= 4 is 17.8 Å². The van der Waals surface area contributed by atoms with Gasteiger partial charge in [-0.05, 0) is 12.1 Å². The molecule has 0 heterocycles. The third kappa shape index (κ3) is 2.50. The third-order valence-corrected chi connectivity index (χ3v) is 1.20. The number of rotatable bonds is 3. The van der Waals surface area contributed by atoms with Gasteiger partial charge in [0.25, 0.3) is 0 Å². The smallest absolute Gasteiger partial charge is 0.262 e. The summed E-state index contributed by atoms with van der Waals surface area (Å²) in [5.74, 6) is -0.670. The SMILES string of the molecule is O=C(OOOCl)c1ccccc1. The molecule has 4 nitrogen and oxygen atoms in total. The Morgan fingerprint density at radius 3 is 2.50 bits per heavy atom. The van der Waals surface area contributed by atoms with Crippen molar-refractivity contribution < 1.29 is 19.2 Å². The highest BCUT2D eigenvalue weighted by atomic mass is 35.5. The van der Waals surface area contributed by atoms with E-state index in [4.69, 9.17) is 0 Å². The molecule has 0 bridgehead atoms. The van der Waals surface area contributed by atoms with Gasteiger partial charge < -0.3 is 0 Å². The number of carbonyl (C=O) groups is 1. The standard InChI is InChI=1S/C7H5ClO4/c8-11-12-10-7(9)6-4-2-1-3-5-6/h1-5H. The van der Waals surface area contributed by atoms with E-state index in [1.165, 1.54) is 0 Å². The van der Waals surface area contributed by atoms with Crippen LogP contribution in [-0.4, -0.2) is 5.97 Å². The summed E-state index contributed by atoms with van der Waals surface area (Å²) in [6, 6.07) is 8.30. The van der Waals surface area contributed by atoms with Crippen LogP contribution in [0.25, 0.3) is 0 Å². The van der Waals surface area contributed by atoms with Gasteiger partial charge >= 0.3 is 5.97 Å². The Kier molecular flexibility index (Phi) is 3.53. The Hall–Kier alpha value is -1.10. The van der Waals surface area contributed by atoms with E-state index < -0.39 is 5.97 Å². The maximum atomic E-state index is 10.9. The summed E-state index contributed by atoms with van der Waals surface area (Å²) < 4.78 is 3.56. The molecule has 0 saturated heterocycles. The van der Waals surface area contributed by atoms with E-state index in [1.807, 2.05) is 0 Å². The highest BCUT2D eigenvalue weighted by molar-refractivity contribution is 6.06. The van der Waals surface area contributed by atoms with E-state index in [0.29, 0.717) is 5.56 Å². The van der Waals surface area contributed by atoms with E-state index >= 15 is 0 Å². The predicted molar refractivity (Wildman–Crippen MR) is 39.9 cm³/mol. The zero-order valence-electron chi connectivity index (χ0n) is 5.90. The highest BCUT2D eigenvalue weighted by Crippen LogP contribution is 2.01. The monoisotopic (exact) mass is 188 g/mol. The molecule has 0 amide bonds. The van der Waals surface area contributed by atoms with Crippen LogP contribution in [-0.2, 0) is 14.4 Å². The van der Waals surface area contributed by atoms with Crippen LogP contribution in [0, 0.1) is 0 Å². The second kappa shape index (κ2) is 4.71. The first-order valence-electron chi connectivity index (χ1n) is 3.06. The number of benzene rings is 1. The molecule has 0 radical (unpaired) electrons. The first kappa shape index (κ1) is 8.99. The second-order valence-electron chi connectivity index (χ2n) is 1.87. The topological polar surface area (TPSA) is 44.8 Å². The molecule has 0 aliphatic carbocycles. The summed E-state index contributed by atoms with van der Waals surface area (Å²) in [5, 5.41) is 3.77. The molecule has 0 unspecified atom stereocenters. The Labute approximate surface area is 73.6 Å². The van der Waals surface area contributed by atoms with Gasteiger partial charge in [0.15, 0.2) is 0 Å². The van der Waals surface area contributed by atoms with Crippen LogP contribution in [0.1, 0.15) is 10.4 Å². The molecule has 0 aromatic heterocycles. The predicted octanol–water partition coefficient (Wildman–Crippen LogP) is 1.86. The van der Waals surface area contributed by atoms with E-state index in [-0.39, 0.29) is 0 Å². The fraction of sp³-hybridized carbons (Fsp3) is 0. The molecule has 0 saturated carbocycles. The number of hydrogen-bond acceptors (Lipinski definition) is 4. The Balaban J connectivity index is 2.54.